The van der Waals surface area contributed by atoms with Crippen molar-refractivity contribution >= 4 is 11.9 Å². The molecule has 0 radical (unpaired) electrons. The number of allylic oxidation sites excluding steroid dienone is 1. The Kier molecular flexibility index (Phi) is 3.75. The molecule has 0 unspecified atom stereocenters. The van der Waals surface area contributed by atoms with Gasteiger partial charge in [-0.2, -0.15) is 0 Å². The minimum Gasteiger partial charge on any atom is -0.458 e. The molecule has 2 rings (SSSR count). The highest BCUT2D eigenvalue weighted by Gasteiger charge is 2.42. The highest BCUT2D eigenvalue weighted by Crippen LogP contribution is 2.33. The van der Waals surface area contributed by atoms with E-state index in [1.807, 2.05) is 6.92 Å². The van der Waals surface area contributed by atoms with Gasteiger partial charge in [0.1, 0.15) is 12.2 Å². The number of carbonyl (C=O) groups is 2. The highest BCUT2D eigenvalue weighted by molar-refractivity contribution is 5.94. The molecule has 1 saturated heterocycles. The standard InChI is InChI=1S/C14H18O5/c1-3-4-10-9(8-18-12(10)16)5-6-14(2)7-11(15)13(17)19-14/h3-4,11,15H,5-8H2,1-2H3/t11-,14+/m1/s1. The molecule has 0 amide bonds. The van der Waals surface area contributed by atoms with E-state index in [2.05, 4.69) is 0 Å². The van der Waals surface area contributed by atoms with Crippen molar-refractivity contribution in [3.63, 3.8) is 0 Å². The summed E-state index contributed by atoms with van der Waals surface area (Å²) in [7, 11) is 0. The maximum Gasteiger partial charge on any atom is 0.338 e. The second kappa shape index (κ2) is 5.17. The Labute approximate surface area is 111 Å². The van der Waals surface area contributed by atoms with Crippen LogP contribution in [0.4, 0.5) is 0 Å². The summed E-state index contributed by atoms with van der Waals surface area (Å²) in [4.78, 5) is 22.7. The molecule has 0 spiro atoms. The second-order valence-corrected chi connectivity index (χ2v) is 5.18. The van der Waals surface area contributed by atoms with Crippen LogP contribution in [-0.2, 0) is 19.1 Å². The van der Waals surface area contributed by atoms with Crippen LogP contribution in [0.25, 0.3) is 0 Å². The van der Waals surface area contributed by atoms with E-state index in [-0.39, 0.29) is 5.97 Å². The minimum atomic E-state index is -1.03. The van der Waals surface area contributed by atoms with Gasteiger partial charge in [0.05, 0.1) is 5.57 Å². The third kappa shape index (κ3) is 2.87. The van der Waals surface area contributed by atoms with Crippen LogP contribution in [0.15, 0.2) is 23.3 Å². The van der Waals surface area contributed by atoms with Crippen LogP contribution >= 0.6 is 0 Å². The summed E-state index contributed by atoms with van der Waals surface area (Å²) in [5, 5.41) is 9.43. The van der Waals surface area contributed by atoms with Gasteiger partial charge in [0.25, 0.3) is 0 Å². The van der Waals surface area contributed by atoms with Crippen LogP contribution in [0, 0.1) is 0 Å². The molecule has 1 N–H and O–H groups in total. The summed E-state index contributed by atoms with van der Waals surface area (Å²) in [6.45, 7) is 3.94. The van der Waals surface area contributed by atoms with Crippen molar-refractivity contribution in [1.29, 1.82) is 0 Å². The molecular weight excluding hydrogens is 248 g/mol. The first-order valence-electron chi connectivity index (χ1n) is 6.38. The Morgan fingerprint density at radius 2 is 2.21 bits per heavy atom. The second-order valence-electron chi connectivity index (χ2n) is 5.18. The molecule has 0 saturated carbocycles. The Bertz CT molecular complexity index is 462. The highest BCUT2D eigenvalue weighted by atomic mass is 16.6. The summed E-state index contributed by atoms with van der Waals surface area (Å²) < 4.78 is 10.2. The topological polar surface area (TPSA) is 72.8 Å². The Morgan fingerprint density at radius 3 is 2.79 bits per heavy atom. The van der Waals surface area contributed by atoms with Gasteiger partial charge in [-0.15, -0.1) is 0 Å². The third-order valence-corrected chi connectivity index (χ3v) is 3.51. The lowest BCUT2D eigenvalue weighted by Crippen LogP contribution is -2.24. The fourth-order valence-corrected chi connectivity index (χ4v) is 2.43. The maximum absolute atomic E-state index is 11.5. The largest absolute Gasteiger partial charge is 0.458 e. The molecule has 2 aliphatic heterocycles. The lowest BCUT2D eigenvalue weighted by Gasteiger charge is -2.22. The molecule has 0 bridgehead atoms. The number of ether oxygens (including phenoxy) is 2. The number of aliphatic hydroxyl groups is 1. The SMILES string of the molecule is CC=CC1=C(CC[C@@]2(C)C[C@@H](O)C(=O)O2)COC1=O. The van der Waals surface area contributed by atoms with Gasteiger partial charge >= 0.3 is 11.9 Å². The first kappa shape index (κ1) is 13.8. The Hall–Kier alpha value is -1.62. The van der Waals surface area contributed by atoms with Crippen LogP contribution in [0.5, 0.6) is 0 Å². The summed E-state index contributed by atoms with van der Waals surface area (Å²) in [6.07, 6.45) is 3.98. The van der Waals surface area contributed by atoms with E-state index >= 15 is 0 Å². The van der Waals surface area contributed by atoms with Gasteiger partial charge in [-0.1, -0.05) is 12.2 Å². The fourth-order valence-electron chi connectivity index (χ4n) is 2.43. The average Bonchev–Trinajstić information content (AvgIpc) is 2.81. The van der Waals surface area contributed by atoms with Crippen LogP contribution in [0.1, 0.15) is 33.1 Å². The van der Waals surface area contributed by atoms with Gasteiger partial charge in [0, 0.05) is 6.42 Å². The fraction of sp³-hybridized carbons (Fsp3) is 0.571. The normalized spacial score (nSPS) is 31.2. The quantitative estimate of drug-likeness (QED) is 0.776. The molecule has 0 aromatic carbocycles. The van der Waals surface area contributed by atoms with Crippen LogP contribution in [0.2, 0.25) is 0 Å². The van der Waals surface area contributed by atoms with Crippen molar-refractivity contribution in [2.45, 2.75) is 44.8 Å². The van der Waals surface area contributed by atoms with Gasteiger partial charge in [0.15, 0.2) is 6.10 Å². The number of hydrogen-bond donors (Lipinski definition) is 1. The lowest BCUT2D eigenvalue weighted by molar-refractivity contribution is -0.152. The third-order valence-electron chi connectivity index (χ3n) is 3.51. The zero-order chi connectivity index (χ0) is 14.0. The number of cyclic esters (lactones) is 2. The number of aliphatic hydroxyl groups excluding tert-OH is 1. The molecule has 2 heterocycles. The predicted molar refractivity (Wildman–Crippen MR) is 67.2 cm³/mol. The van der Waals surface area contributed by atoms with Crippen molar-refractivity contribution in [3.8, 4) is 0 Å². The molecule has 1 fully saturated rings. The average molecular weight is 266 g/mol. The monoisotopic (exact) mass is 266 g/mol. The summed E-state index contributed by atoms with van der Waals surface area (Å²) in [6, 6.07) is 0. The van der Waals surface area contributed by atoms with Gasteiger partial charge in [-0.05, 0) is 32.3 Å². The van der Waals surface area contributed by atoms with E-state index in [4.69, 9.17) is 9.47 Å². The molecule has 0 aromatic heterocycles. The first-order chi connectivity index (χ1) is 8.95. The lowest BCUT2D eigenvalue weighted by atomic mass is 9.92. The zero-order valence-corrected chi connectivity index (χ0v) is 11.1. The van der Waals surface area contributed by atoms with E-state index in [0.717, 1.165) is 5.57 Å². The summed E-state index contributed by atoms with van der Waals surface area (Å²) >= 11 is 0. The molecule has 19 heavy (non-hydrogen) atoms. The number of rotatable bonds is 4. The molecule has 104 valence electrons. The van der Waals surface area contributed by atoms with Crippen molar-refractivity contribution < 1.29 is 24.2 Å². The van der Waals surface area contributed by atoms with Crippen LogP contribution in [-0.4, -0.2) is 35.4 Å². The van der Waals surface area contributed by atoms with E-state index in [0.29, 0.717) is 31.4 Å². The molecule has 2 aliphatic rings. The van der Waals surface area contributed by atoms with Crippen LogP contribution in [0.3, 0.4) is 0 Å². The first-order valence-corrected chi connectivity index (χ1v) is 6.38. The molecule has 0 aromatic rings. The van der Waals surface area contributed by atoms with Gasteiger partial charge < -0.3 is 14.6 Å². The van der Waals surface area contributed by atoms with E-state index in [9.17, 15) is 14.7 Å². The molecule has 5 nitrogen and oxygen atoms in total. The minimum absolute atomic E-state index is 0.297. The van der Waals surface area contributed by atoms with Gasteiger partial charge in [0.2, 0.25) is 0 Å². The van der Waals surface area contributed by atoms with E-state index < -0.39 is 17.7 Å². The van der Waals surface area contributed by atoms with E-state index in [1.54, 1.807) is 19.1 Å². The molecule has 2 atom stereocenters. The number of carbonyl (C=O) groups excluding carboxylic acids is 2. The van der Waals surface area contributed by atoms with Gasteiger partial charge in [-0.3, -0.25) is 0 Å². The zero-order valence-electron chi connectivity index (χ0n) is 11.1. The van der Waals surface area contributed by atoms with E-state index in [1.165, 1.54) is 0 Å². The molecule has 0 aliphatic carbocycles. The summed E-state index contributed by atoms with van der Waals surface area (Å²) in [5.41, 5.74) is 0.855. The maximum atomic E-state index is 11.5. The summed E-state index contributed by atoms with van der Waals surface area (Å²) in [5.74, 6) is -0.870. The number of hydrogen-bond acceptors (Lipinski definition) is 5. The van der Waals surface area contributed by atoms with Gasteiger partial charge in [-0.25, -0.2) is 9.59 Å². The Balaban J connectivity index is 2.03. The van der Waals surface area contributed by atoms with Crippen molar-refractivity contribution in [1.82, 2.24) is 0 Å². The smallest absolute Gasteiger partial charge is 0.338 e. The van der Waals surface area contributed by atoms with Crippen LogP contribution < -0.4 is 0 Å². The van der Waals surface area contributed by atoms with Crippen molar-refractivity contribution in [2.24, 2.45) is 0 Å². The Morgan fingerprint density at radius 1 is 1.47 bits per heavy atom. The molecule has 5 heteroatoms. The van der Waals surface area contributed by atoms with Crippen molar-refractivity contribution in [2.75, 3.05) is 6.61 Å². The predicted octanol–water partition coefficient (Wildman–Crippen LogP) is 1.26. The van der Waals surface area contributed by atoms with Crippen molar-refractivity contribution in [3.05, 3.63) is 23.3 Å². The molecular formula is C14H18O5. The number of esters is 2.